The number of hydrogen-bond acceptors (Lipinski definition) is 4. The molecule has 0 saturated carbocycles. The van der Waals surface area contributed by atoms with E-state index in [4.69, 9.17) is 4.74 Å². The van der Waals surface area contributed by atoms with Gasteiger partial charge in [0.05, 0.1) is 31.5 Å². The van der Waals surface area contributed by atoms with Gasteiger partial charge in [0.2, 0.25) is 0 Å². The number of carbonyl (C=O) groups is 1. The van der Waals surface area contributed by atoms with Gasteiger partial charge in [-0.15, -0.1) is 5.10 Å². The second kappa shape index (κ2) is 4.68. The van der Waals surface area contributed by atoms with Crippen molar-refractivity contribution < 1.29 is 9.53 Å². The summed E-state index contributed by atoms with van der Waals surface area (Å²) in [6.45, 7) is 9.78. The number of carbonyl (C=O) groups excluding carboxylic acids is 1. The van der Waals surface area contributed by atoms with Crippen LogP contribution >= 0.6 is 0 Å². The van der Waals surface area contributed by atoms with Gasteiger partial charge in [-0.25, -0.2) is 0 Å². The highest BCUT2D eigenvalue weighted by atomic mass is 16.5. The first-order chi connectivity index (χ1) is 8.44. The van der Waals surface area contributed by atoms with Crippen molar-refractivity contribution in [3.8, 4) is 0 Å². The Morgan fingerprint density at radius 3 is 2.78 bits per heavy atom. The van der Waals surface area contributed by atoms with Crippen LogP contribution < -0.4 is 5.32 Å². The Kier molecular flexibility index (Phi) is 3.38. The molecule has 0 spiro atoms. The predicted octanol–water partition coefficient (Wildman–Crippen LogP) is 0.761. The van der Waals surface area contributed by atoms with E-state index in [2.05, 4.69) is 29.4 Å². The molecule has 0 aromatic carbocycles. The molecular formula is C12H20N4O2. The normalized spacial score (nSPS) is 22.1. The predicted molar refractivity (Wildman–Crippen MR) is 66.3 cm³/mol. The van der Waals surface area contributed by atoms with Crippen molar-refractivity contribution in [2.45, 2.75) is 40.3 Å². The highest BCUT2D eigenvalue weighted by Gasteiger charge is 2.37. The zero-order chi connectivity index (χ0) is 13.3. The van der Waals surface area contributed by atoms with Crippen LogP contribution in [0.4, 0.5) is 0 Å². The van der Waals surface area contributed by atoms with Crippen LogP contribution in [0.5, 0.6) is 0 Å². The molecule has 0 aliphatic carbocycles. The highest BCUT2D eigenvalue weighted by Crippen LogP contribution is 2.27. The first-order valence-electron chi connectivity index (χ1n) is 6.24. The Hall–Kier alpha value is -1.43. The lowest BCUT2D eigenvalue weighted by atomic mass is 9.88. The quantitative estimate of drug-likeness (QED) is 0.862. The van der Waals surface area contributed by atoms with Gasteiger partial charge in [0.1, 0.15) is 0 Å². The molecule has 1 N–H and O–H groups in total. The smallest absolute Gasteiger partial charge is 0.274 e. The monoisotopic (exact) mass is 252 g/mol. The van der Waals surface area contributed by atoms with Gasteiger partial charge in [0.15, 0.2) is 5.69 Å². The summed E-state index contributed by atoms with van der Waals surface area (Å²) >= 11 is 0. The molecular weight excluding hydrogens is 232 g/mol. The molecule has 1 aliphatic rings. The van der Waals surface area contributed by atoms with Gasteiger partial charge in [-0.1, -0.05) is 13.8 Å². The number of rotatable bonds is 3. The van der Waals surface area contributed by atoms with Crippen LogP contribution in [0.15, 0.2) is 0 Å². The Balaban J connectivity index is 2.10. The Labute approximate surface area is 107 Å². The third-order valence-corrected chi connectivity index (χ3v) is 3.33. The van der Waals surface area contributed by atoms with E-state index in [1.165, 1.54) is 4.80 Å². The fourth-order valence-electron chi connectivity index (χ4n) is 2.01. The first-order valence-corrected chi connectivity index (χ1v) is 6.24. The second-order valence-corrected chi connectivity index (χ2v) is 5.35. The Morgan fingerprint density at radius 1 is 1.56 bits per heavy atom. The number of hydrogen-bond donors (Lipinski definition) is 1. The number of aryl methyl sites for hydroxylation is 2. The summed E-state index contributed by atoms with van der Waals surface area (Å²) in [5, 5.41) is 11.3. The second-order valence-electron chi connectivity index (χ2n) is 5.35. The van der Waals surface area contributed by atoms with Gasteiger partial charge in [0, 0.05) is 5.41 Å². The maximum Gasteiger partial charge on any atom is 0.274 e. The topological polar surface area (TPSA) is 69.0 Å². The van der Waals surface area contributed by atoms with E-state index in [9.17, 15) is 4.79 Å². The lowest BCUT2D eigenvalue weighted by Crippen LogP contribution is -2.44. The SMILES string of the molecule is CCn1nc(C)c(C(=O)NC2COCC2(C)C)n1. The molecule has 1 aliphatic heterocycles. The van der Waals surface area contributed by atoms with Crippen molar-refractivity contribution in [3.05, 3.63) is 11.4 Å². The Morgan fingerprint density at radius 2 is 2.28 bits per heavy atom. The maximum atomic E-state index is 12.2. The van der Waals surface area contributed by atoms with Crippen molar-refractivity contribution in [3.63, 3.8) is 0 Å². The number of aromatic nitrogens is 3. The zero-order valence-corrected chi connectivity index (χ0v) is 11.4. The largest absolute Gasteiger partial charge is 0.379 e. The van der Waals surface area contributed by atoms with Crippen LogP contribution in [0.2, 0.25) is 0 Å². The molecule has 2 heterocycles. The van der Waals surface area contributed by atoms with Gasteiger partial charge in [-0.3, -0.25) is 4.79 Å². The standard InChI is InChI=1S/C12H20N4O2/c1-5-16-14-8(2)10(15-16)11(17)13-9-6-18-7-12(9,3)4/h9H,5-7H2,1-4H3,(H,13,17). The maximum absolute atomic E-state index is 12.2. The summed E-state index contributed by atoms with van der Waals surface area (Å²) in [6, 6.07) is 0.0242. The minimum Gasteiger partial charge on any atom is -0.379 e. The van der Waals surface area contributed by atoms with Crippen molar-refractivity contribution in [2.24, 2.45) is 5.41 Å². The third kappa shape index (κ3) is 2.38. The Bertz CT molecular complexity index is 453. The van der Waals surface area contributed by atoms with E-state index >= 15 is 0 Å². The van der Waals surface area contributed by atoms with Gasteiger partial charge in [-0.2, -0.15) is 9.90 Å². The van der Waals surface area contributed by atoms with Crippen LogP contribution in [-0.2, 0) is 11.3 Å². The molecule has 2 rings (SSSR count). The molecule has 6 heteroatoms. The molecule has 0 radical (unpaired) electrons. The summed E-state index contributed by atoms with van der Waals surface area (Å²) in [6.07, 6.45) is 0. The van der Waals surface area contributed by atoms with Crippen molar-refractivity contribution >= 4 is 5.91 Å². The fourth-order valence-corrected chi connectivity index (χ4v) is 2.01. The molecule has 18 heavy (non-hydrogen) atoms. The molecule has 1 aromatic rings. The van der Waals surface area contributed by atoms with E-state index in [0.29, 0.717) is 31.1 Å². The summed E-state index contributed by atoms with van der Waals surface area (Å²) in [5.41, 5.74) is 1.02. The lowest BCUT2D eigenvalue weighted by molar-refractivity contribution is 0.0908. The number of ether oxygens (including phenoxy) is 1. The summed E-state index contributed by atoms with van der Waals surface area (Å²) in [4.78, 5) is 13.7. The van der Waals surface area contributed by atoms with E-state index in [0.717, 1.165) is 0 Å². The van der Waals surface area contributed by atoms with E-state index < -0.39 is 0 Å². The third-order valence-electron chi connectivity index (χ3n) is 3.33. The number of nitrogens with zero attached hydrogens (tertiary/aromatic N) is 3. The van der Waals surface area contributed by atoms with Crippen LogP contribution in [0.3, 0.4) is 0 Å². The summed E-state index contributed by atoms with van der Waals surface area (Å²) in [7, 11) is 0. The van der Waals surface area contributed by atoms with Gasteiger partial charge in [-0.05, 0) is 13.8 Å². The lowest BCUT2D eigenvalue weighted by Gasteiger charge is -2.24. The van der Waals surface area contributed by atoms with Crippen LogP contribution in [-0.4, -0.2) is 40.2 Å². The average molecular weight is 252 g/mol. The summed E-state index contributed by atoms with van der Waals surface area (Å²) in [5.74, 6) is -0.171. The van der Waals surface area contributed by atoms with Crippen molar-refractivity contribution in [1.82, 2.24) is 20.3 Å². The molecule has 1 fully saturated rings. The van der Waals surface area contributed by atoms with E-state index in [-0.39, 0.29) is 17.4 Å². The molecule has 1 saturated heterocycles. The molecule has 1 unspecified atom stereocenters. The number of nitrogens with one attached hydrogen (secondary N) is 1. The van der Waals surface area contributed by atoms with Crippen LogP contribution in [0, 0.1) is 12.3 Å². The highest BCUT2D eigenvalue weighted by molar-refractivity contribution is 5.93. The minimum absolute atomic E-state index is 0.0242. The zero-order valence-electron chi connectivity index (χ0n) is 11.4. The number of amides is 1. The van der Waals surface area contributed by atoms with Gasteiger partial charge in [0.25, 0.3) is 5.91 Å². The van der Waals surface area contributed by atoms with Crippen molar-refractivity contribution in [1.29, 1.82) is 0 Å². The van der Waals surface area contributed by atoms with Crippen LogP contribution in [0.25, 0.3) is 0 Å². The van der Waals surface area contributed by atoms with Crippen molar-refractivity contribution in [2.75, 3.05) is 13.2 Å². The molecule has 6 nitrogen and oxygen atoms in total. The fraction of sp³-hybridized carbons (Fsp3) is 0.750. The molecule has 1 amide bonds. The molecule has 1 aromatic heterocycles. The minimum atomic E-state index is -0.171. The summed E-state index contributed by atoms with van der Waals surface area (Å²) < 4.78 is 5.41. The first kappa shape index (κ1) is 13.0. The molecule has 1 atom stereocenters. The molecule has 0 bridgehead atoms. The average Bonchev–Trinajstić information content (AvgIpc) is 2.82. The molecule has 100 valence electrons. The van der Waals surface area contributed by atoms with Crippen LogP contribution in [0.1, 0.15) is 37.0 Å². The van der Waals surface area contributed by atoms with Gasteiger partial charge < -0.3 is 10.1 Å². The van der Waals surface area contributed by atoms with E-state index in [1.807, 2.05) is 6.92 Å². The van der Waals surface area contributed by atoms with Gasteiger partial charge >= 0.3 is 0 Å². The van der Waals surface area contributed by atoms with E-state index in [1.54, 1.807) is 6.92 Å².